The van der Waals surface area contributed by atoms with Gasteiger partial charge >= 0.3 is 0 Å². The molecule has 0 aliphatic carbocycles. The Bertz CT molecular complexity index is 50.0. The molecule has 42 valence electrons. The summed E-state index contributed by atoms with van der Waals surface area (Å²) in [6, 6.07) is 0. The average Bonchev–Trinajstić information content (AvgIpc) is 1.75. The molecule has 0 aromatic heterocycles. The molecule has 0 aromatic rings. The third-order valence-corrected chi connectivity index (χ3v) is 0.210. The lowest BCUT2D eigenvalue weighted by Crippen LogP contribution is -1.66. The molecule has 0 aromatic carbocycles. The molecule has 0 amide bonds. The summed E-state index contributed by atoms with van der Waals surface area (Å²) in [5.41, 5.74) is 0. The highest BCUT2D eigenvalue weighted by Crippen LogP contribution is 1.38. The Morgan fingerprint density at radius 3 is 1.86 bits per heavy atom. The molecular weight excluding hydrogens is 90.1 g/mol. The fraction of sp³-hybridized carbons (Fsp3) is 0.600. The van der Waals surface area contributed by atoms with E-state index in [0.717, 1.165) is 0 Å². The minimum atomic E-state index is 0.639. The monoisotopic (exact) mass is 101 g/mol. The lowest BCUT2D eigenvalue weighted by atomic mass is 10.9. The van der Waals surface area contributed by atoms with Crippen LogP contribution < -0.4 is 0 Å². The molecule has 0 radical (unpaired) electrons. The van der Waals surface area contributed by atoms with Crippen LogP contribution in [0.4, 0.5) is 0 Å². The average molecular weight is 101 g/mol. The molecule has 2 heteroatoms. The number of hydrogen-bond donors (Lipinski definition) is 0. The van der Waals surface area contributed by atoms with Crippen LogP contribution in [0.5, 0.6) is 0 Å². The highest BCUT2D eigenvalue weighted by molar-refractivity contribution is 6.12. The van der Waals surface area contributed by atoms with E-state index in [1.165, 1.54) is 6.21 Å². The first kappa shape index (κ1) is 9.60. The second-order valence-electron chi connectivity index (χ2n) is 0.543. The largest absolute Gasteiger partial charge is 0.297 e. The van der Waals surface area contributed by atoms with Gasteiger partial charge in [-0.2, -0.15) is 0 Å². The van der Waals surface area contributed by atoms with Gasteiger partial charge < -0.3 is 0 Å². The van der Waals surface area contributed by atoms with E-state index in [1.54, 1.807) is 7.05 Å². The number of aldehydes is 1. The Kier molecular flexibility index (Phi) is 25.2. The highest BCUT2D eigenvalue weighted by Gasteiger charge is 1.48. The Morgan fingerprint density at radius 2 is 1.86 bits per heavy atom. The van der Waals surface area contributed by atoms with Gasteiger partial charge in [0.1, 0.15) is 0 Å². The van der Waals surface area contributed by atoms with Crippen LogP contribution in [0.15, 0.2) is 4.99 Å². The van der Waals surface area contributed by atoms with Crippen molar-refractivity contribution in [3.05, 3.63) is 0 Å². The fourth-order valence-corrected chi connectivity index (χ4v) is 0.0609. The van der Waals surface area contributed by atoms with E-state index >= 15 is 0 Å². The van der Waals surface area contributed by atoms with Crippen LogP contribution in [0.1, 0.15) is 13.8 Å². The summed E-state index contributed by atoms with van der Waals surface area (Å²) in [6.45, 7) is 4.00. The van der Waals surface area contributed by atoms with E-state index in [1.807, 2.05) is 13.8 Å². The van der Waals surface area contributed by atoms with E-state index in [0.29, 0.717) is 6.29 Å². The van der Waals surface area contributed by atoms with Crippen LogP contribution in [0, 0.1) is 0 Å². The number of carbonyl (C=O) groups is 1. The van der Waals surface area contributed by atoms with Gasteiger partial charge in [0, 0.05) is 7.05 Å². The molecule has 0 bridgehead atoms. The molecular formula is C5H11NO. The molecule has 0 aliphatic heterocycles. The zero-order valence-corrected chi connectivity index (χ0v) is 5.01. The smallest absolute Gasteiger partial charge is 0.160 e. The van der Waals surface area contributed by atoms with Crippen LogP contribution in [-0.2, 0) is 4.79 Å². The van der Waals surface area contributed by atoms with Gasteiger partial charge in [-0.1, -0.05) is 13.8 Å². The summed E-state index contributed by atoms with van der Waals surface area (Å²) in [4.78, 5) is 12.6. The molecule has 2 nitrogen and oxygen atoms in total. The molecule has 0 fully saturated rings. The van der Waals surface area contributed by atoms with Crippen LogP contribution in [0.25, 0.3) is 0 Å². The molecule has 0 N–H and O–H groups in total. The predicted octanol–water partition coefficient (Wildman–Crippen LogP) is 0.912. The third-order valence-electron chi connectivity index (χ3n) is 0.210. The molecule has 0 saturated carbocycles. The van der Waals surface area contributed by atoms with Crippen LogP contribution in [0.2, 0.25) is 0 Å². The molecule has 0 aliphatic rings. The first-order chi connectivity index (χ1) is 3.41. The summed E-state index contributed by atoms with van der Waals surface area (Å²) in [7, 11) is 1.55. The lowest BCUT2D eigenvalue weighted by Gasteiger charge is -1.54. The van der Waals surface area contributed by atoms with Gasteiger partial charge in [0.2, 0.25) is 0 Å². The van der Waals surface area contributed by atoms with Crippen LogP contribution in [-0.4, -0.2) is 19.5 Å². The van der Waals surface area contributed by atoms with Crippen molar-refractivity contribution in [1.82, 2.24) is 0 Å². The molecule has 0 heterocycles. The van der Waals surface area contributed by atoms with Crippen molar-refractivity contribution in [2.75, 3.05) is 7.05 Å². The zero-order chi connectivity index (χ0) is 6.12. The summed E-state index contributed by atoms with van der Waals surface area (Å²) >= 11 is 0. The highest BCUT2D eigenvalue weighted by atomic mass is 16.1. The van der Waals surface area contributed by atoms with Gasteiger partial charge in [-0.3, -0.25) is 9.79 Å². The van der Waals surface area contributed by atoms with Crippen molar-refractivity contribution < 1.29 is 4.79 Å². The Labute approximate surface area is 44.3 Å². The normalized spacial score (nSPS) is 7.29. The number of aliphatic imine (C=N–C) groups is 1. The number of hydrogen-bond acceptors (Lipinski definition) is 2. The topological polar surface area (TPSA) is 29.4 Å². The summed E-state index contributed by atoms with van der Waals surface area (Å²) in [5, 5.41) is 0. The van der Waals surface area contributed by atoms with E-state index < -0.39 is 0 Å². The first-order valence-corrected chi connectivity index (χ1v) is 2.27. The number of nitrogens with zero attached hydrogens (tertiary/aromatic N) is 1. The lowest BCUT2D eigenvalue weighted by molar-refractivity contribution is -0.102. The minimum absolute atomic E-state index is 0.639. The summed E-state index contributed by atoms with van der Waals surface area (Å²) in [5.74, 6) is 0. The van der Waals surface area contributed by atoms with Gasteiger partial charge in [-0.25, -0.2) is 0 Å². The van der Waals surface area contributed by atoms with Crippen molar-refractivity contribution in [3.63, 3.8) is 0 Å². The predicted molar refractivity (Wildman–Crippen MR) is 31.8 cm³/mol. The van der Waals surface area contributed by atoms with E-state index in [-0.39, 0.29) is 0 Å². The second-order valence-corrected chi connectivity index (χ2v) is 0.543. The van der Waals surface area contributed by atoms with E-state index in [4.69, 9.17) is 0 Å². The van der Waals surface area contributed by atoms with Crippen molar-refractivity contribution in [2.24, 2.45) is 4.99 Å². The van der Waals surface area contributed by atoms with Gasteiger partial charge in [0.05, 0.1) is 6.21 Å². The van der Waals surface area contributed by atoms with Crippen molar-refractivity contribution in [3.8, 4) is 0 Å². The van der Waals surface area contributed by atoms with E-state index in [2.05, 4.69) is 4.99 Å². The SMILES string of the molecule is CC.CN=CC=O. The summed E-state index contributed by atoms with van der Waals surface area (Å²) < 4.78 is 0. The van der Waals surface area contributed by atoms with Gasteiger partial charge in [0.15, 0.2) is 6.29 Å². The van der Waals surface area contributed by atoms with Crippen LogP contribution >= 0.6 is 0 Å². The van der Waals surface area contributed by atoms with E-state index in [9.17, 15) is 4.79 Å². The Morgan fingerprint density at radius 1 is 1.43 bits per heavy atom. The Balaban J connectivity index is 0. The number of rotatable bonds is 1. The van der Waals surface area contributed by atoms with Crippen molar-refractivity contribution in [2.45, 2.75) is 13.8 Å². The fourth-order valence-electron chi connectivity index (χ4n) is 0.0609. The number of carbonyl (C=O) groups excluding carboxylic acids is 1. The zero-order valence-electron chi connectivity index (χ0n) is 5.01. The third kappa shape index (κ3) is 33.2. The van der Waals surface area contributed by atoms with Crippen molar-refractivity contribution in [1.29, 1.82) is 0 Å². The maximum absolute atomic E-state index is 9.26. The Hall–Kier alpha value is -0.660. The quantitative estimate of drug-likeness (QED) is 0.356. The molecule has 0 spiro atoms. The first-order valence-electron chi connectivity index (χ1n) is 2.27. The molecule has 7 heavy (non-hydrogen) atoms. The molecule has 0 saturated heterocycles. The maximum Gasteiger partial charge on any atom is 0.160 e. The molecule has 0 unspecified atom stereocenters. The van der Waals surface area contributed by atoms with Gasteiger partial charge in [-0.15, -0.1) is 0 Å². The standard InChI is InChI=1S/C3H5NO.C2H6/c1-4-2-3-5;1-2/h2-3H,1H3;1-2H3. The molecule has 0 atom stereocenters. The minimum Gasteiger partial charge on any atom is -0.297 e. The summed E-state index contributed by atoms with van der Waals surface area (Å²) in [6.07, 6.45) is 1.83. The van der Waals surface area contributed by atoms with Crippen LogP contribution in [0.3, 0.4) is 0 Å². The molecule has 0 rings (SSSR count). The second kappa shape index (κ2) is 18.4. The maximum atomic E-state index is 9.26. The van der Waals surface area contributed by atoms with Gasteiger partial charge in [0.25, 0.3) is 0 Å². The van der Waals surface area contributed by atoms with Gasteiger partial charge in [-0.05, 0) is 0 Å². The van der Waals surface area contributed by atoms with Crippen molar-refractivity contribution >= 4 is 12.5 Å².